The van der Waals surface area contributed by atoms with Crippen molar-refractivity contribution < 1.29 is 0 Å². The number of hydrogen-bond acceptors (Lipinski definition) is 2. The van der Waals surface area contributed by atoms with Gasteiger partial charge in [-0.1, -0.05) is 24.8 Å². The highest BCUT2D eigenvalue weighted by atomic mass is 15.1. The number of rotatable bonds is 4. The first-order chi connectivity index (χ1) is 11.8. The summed E-state index contributed by atoms with van der Waals surface area (Å²) in [5, 5.41) is 15.6. The van der Waals surface area contributed by atoms with Crippen LogP contribution in [0.1, 0.15) is 11.3 Å². The van der Waals surface area contributed by atoms with Crippen molar-refractivity contribution >= 4 is 17.0 Å². The lowest BCUT2D eigenvalue weighted by Crippen LogP contribution is -1.80. The molecule has 3 heterocycles. The molecule has 0 aliphatic rings. The molecule has 0 bridgehead atoms. The molecule has 0 aliphatic heterocycles. The van der Waals surface area contributed by atoms with Gasteiger partial charge >= 0.3 is 0 Å². The zero-order valence-corrected chi connectivity index (χ0v) is 13.3. The molecule has 5 heteroatoms. The first-order valence-corrected chi connectivity index (χ1v) is 7.72. The Hall–Kier alpha value is -3.34. The Labute approximate surface area is 139 Å². The van der Waals surface area contributed by atoms with Crippen LogP contribution in [0.3, 0.4) is 0 Å². The maximum absolute atomic E-state index is 4.50. The molecule has 0 atom stereocenters. The van der Waals surface area contributed by atoms with Crippen LogP contribution in [0.2, 0.25) is 0 Å². The topological polar surface area (TPSA) is 73.2 Å². The van der Waals surface area contributed by atoms with Crippen molar-refractivity contribution in [3.8, 4) is 22.5 Å². The van der Waals surface area contributed by atoms with Gasteiger partial charge in [-0.2, -0.15) is 10.2 Å². The lowest BCUT2D eigenvalue weighted by atomic mass is 10.1. The van der Waals surface area contributed by atoms with Crippen LogP contribution in [0.4, 0.5) is 0 Å². The molecule has 3 aromatic heterocycles. The second-order valence-corrected chi connectivity index (χ2v) is 5.69. The summed E-state index contributed by atoms with van der Waals surface area (Å²) in [5.41, 5.74) is 7.31. The molecule has 0 aliphatic carbocycles. The second kappa shape index (κ2) is 5.70. The monoisotopic (exact) mass is 315 g/mol. The van der Waals surface area contributed by atoms with Crippen LogP contribution in [0.25, 0.3) is 39.5 Å². The lowest BCUT2D eigenvalue weighted by molar-refractivity contribution is 1.09. The molecular formula is C19H17N5. The van der Waals surface area contributed by atoms with Crippen molar-refractivity contribution in [1.29, 1.82) is 0 Å². The van der Waals surface area contributed by atoms with Crippen molar-refractivity contribution in [3.05, 3.63) is 66.6 Å². The highest BCUT2D eigenvalue weighted by molar-refractivity contribution is 5.95. The highest BCUT2D eigenvalue weighted by Crippen LogP contribution is 2.30. The van der Waals surface area contributed by atoms with Gasteiger partial charge in [0.15, 0.2) is 0 Å². The fourth-order valence-corrected chi connectivity index (χ4v) is 2.85. The predicted molar refractivity (Wildman–Crippen MR) is 97.4 cm³/mol. The van der Waals surface area contributed by atoms with Gasteiger partial charge in [-0.25, -0.2) is 0 Å². The van der Waals surface area contributed by atoms with Crippen molar-refractivity contribution in [1.82, 2.24) is 25.4 Å². The molecule has 4 aromatic rings. The Kier molecular flexibility index (Phi) is 3.39. The smallest absolute Gasteiger partial charge is 0.116 e. The van der Waals surface area contributed by atoms with E-state index in [-0.39, 0.29) is 0 Å². The normalized spacial score (nSPS) is 11.5. The number of hydrogen-bond donors (Lipinski definition) is 3. The van der Waals surface area contributed by atoms with E-state index in [2.05, 4.69) is 57.1 Å². The van der Waals surface area contributed by atoms with E-state index in [1.807, 2.05) is 30.6 Å². The zero-order chi connectivity index (χ0) is 16.5. The molecule has 4 rings (SSSR count). The molecule has 0 fully saturated rings. The first-order valence-electron chi connectivity index (χ1n) is 7.72. The third-order valence-corrected chi connectivity index (χ3v) is 4.10. The molecule has 3 N–H and O–H groups in total. The Morgan fingerprint density at radius 2 is 2.08 bits per heavy atom. The van der Waals surface area contributed by atoms with Gasteiger partial charge in [-0.05, 0) is 42.3 Å². The molecule has 0 unspecified atom stereocenters. The van der Waals surface area contributed by atoms with Gasteiger partial charge in [0.2, 0.25) is 0 Å². The fourth-order valence-electron chi connectivity index (χ4n) is 2.85. The number of nitrogens with zero attached hydrogens (tertiary/aromatic N) is 2. The molecule has 0 saturated carbocycles. The van der Waals surface area contributed by atoms with Gasteiger partial charge in [-0.3, -0.25) is 10.2 Å². The van der Waals surface area contributed by atoms with Crippen LogP contribution in [0.5, 0.6) is 0 Å². The summed E-state index contributed by atoms with van der Waals surface area (Å²) in [6.45, 7) is 5.79. The van der Waals surface area contributed by atoms with Gasteiger partial charge in [0, 0.05) is 22.8 Å². The summed E-state index contributed by atoms with van der Waals surface area (Å²) in [5.74, 6) is 0. The molecule has 1 aromatic carbocycles. The second-order valence-electron chi connectivity index (χ2n) is 5.69. The van der Waals surface area contributed by atoms with E-state index in [1.165, 1.54) is 5.56 Å². The maximum Gasteiger partial charge on any atom is 0.116 e. The number of fused-ring (bicyclic) bond motifs is 1. The minimum atomic E-state index is 0.914. The minimum Gasteiger partial charge on any atom is -0.353 e. The number of nitrogens with one attached hydrogen (secondary N) is 3. The minimum absolute atomic E-state index is 0.914. The van der Waals surface area contributed by atoms with Crippen molar-refractivity contribution in [2.24, 2.45) is 0 Å². The van der Waals surface area contributed by atoms with Crippen molar-refractivity contribution in [2.45, 2.75) is 6.92 Å². The van der Waals surface area contributed by atoms with Crippen LogP contribution >= 0.6 is 0 Å². The fraction of sp³-hybridized carbons (Fsp3) is 0.0526. The summed E-state index contributed by atoms with van der Waals surface area (Å²) in [6.07, 6.45) is 9.40. The maximum atomic E-state index is 4.50. The largest absolute Gasteiger partial charge is 0.353 e. The van der Waals surface area contributed by atoms with Crippen LogP contribution in [0, 0.1) is 6.92 Å². The quantitative estimate of drug-likeness (QED) is 0.487. The summed E-state index contributed by atoms with van der Waals surface area (Å²) in [4.78, 5) is 3.43. The van der Waals surface area contributed by atoms with Crippen LogP contribution in [-0.2, 0) is 0 Å². The average Bonchev–Trinajstić information content (AvgIpc) is 3.32. The van der Waals surface area contributed by atoms with E-state index in [9.17, 15) is 0 Å². The van der Waals surface area contributed by atoms with Gasteiger partial charge in [-0.15, -0.1) is 0 Å². The molecule has 24 heavy (non-hydrogen) atoms. The summed E-state index contributed by atoms with van der Waals surface area (Å²) in [7, 11) is 0. The van der Waals surface area contributed by atoms with Crippen LogP contribution in [-0.4, -0.2) is 25.4 Å². The molecule has 0 radical (unpaired) electrons. The lowest BCUT2D eigenvalue weighted by Gasteiger charge is -1.99. The van der Waals surface area contributed by atoms with E-state index in [4.69, 9.17) is 0 Å². The molecule has 0 spiro atoms. The van der Waals surface area contributed by atoms with E-state index in [0.717, 1.165) is 39.1 Å². The van der Waals surface area contributed by atoms with Crippen LogP contribution < -0.4 is 0 Å². The number of benzene rings is 1. The number of allylic oxidation sites excluding steroid dienone is 2. The Morgan fingerprint density at radius 1 is 1.17 bits per heavy atom. The van der Waals surface area contributed by atoms with Crippen LogP contribution in [0.15, 0.2) is 55.4 Å². The molecule has 0 saturated heterocycles. The van der Waals surface area contributed by atoms with E-state index in [0.29, 0.717) is 0 Å². The van der Waals surface area contributed by atoms with Gasteiger partial charge in [0.05, 0.1) is 17.4 Å². The standard InChI is InChI=1S/C19H17N5/c1-3-4-5-16-12(2)8-18(22-16)19-15-9-13(14-10-20-21-11-14)6-7-17(15)23-24-19/h3-11,22H,1H2,2H3,(H,20,21)(H,23,24)/b5-4-. The Morgan fingerprint density at radius 3 is 2.88 bits per heavy atom. The summed E-state index contributed by atoms with van der Waals surface area (Å²) < 4.78 is 0. The van der Waals surface area contributed by atoms with E-state index in [1.54, 1.807) is 6.08 Å². The van der Waals surface area contributed by atoms with Gasteiger partial charge < -0.3 is 4.98 Å². The SMILES string of the molecule is C=C/C=C\c1[nH]c(-c2n[nH]c3ccc(-c4cn[nH]c4)cc23)cc1C. The van der Waals surface area contributed by atoms with Crippen molar-refractivity contribution in [2.75, 3.05) is 0 Å². The summed E-state index contributed by atoms with van der Waals surface area (Å²) in [6, 6.07) is 8.35. The molecule has 0 amide bonds. The molecule has 118 valence electrons. The third kappa shape index (κ3) is 2.36. The Balaban J connectivity index is 1.83. The van der Waals surface area contributed by atoms with E-state index < -0.39 is 0 Å². The third-order valence-electron chi connectivity index (χ3n) is 4.10. The number of H-pyrrole nitrogens is 3. The highest BCUT2D eigenvalue weighted by Gasteiger charge is 2.12. The first kappa shape index (κ1) is 14.3. The Bertz CT molecular complexity index is 1030. The van der Waals surface area contributed by atoms with Gasteiger partial charge in [0.25, 0.3) is 0 Å². The summed E-state index contributed by atoms with van der Waals surface area (Å²) >= 11 is 0. The molecule has 5 nitrogen and oxygen atoms in total. The predicted octanol–water partition coefficient (Wildman–Crippen LogP) is 4.46. The van der Waals surface area contributed by atoms with E-state index >= 15 is 0 Å². The molecular weight excluding hydrogens is 298 g/mol. The number of aryl methyl sites for hydroxylation is 1. The number of aromatic amines is 3. The average molecular weight is 315 g/mol. The van der Waals surface area contributed by atoms with Gasteiger partial charge in [0.1, 0.15) is 5.69 Å². The zero-order valence-electron chi connectivity index (χ0n) is 13.3. The number of aromatic nitrogens is 5. The van der Waals surface area contributed by atoms with Crippen molar-refractivity contribution in [3.63, 3.8) is 0 Å².